The average Bonchev–Trinajstić information content (AvgIpc) is 3.22. The molecular formula is C25H42O2. The summed E-state index contributed by atoms with van der Waals surface area (Å²) in [6.45, 7) is 21.6. The lowest BCUT2D eigenvalue weighted by Gasteiger charge is -2.17. The number of ether oxygens (including phenoxy) is 2. The monoisotopic (exact) mass is 374 g/mol. The predicted octanol–water partition coefficient (Wildman–Crippen LogP) is 7.04. The lowest BCUT2D eigenvalue weighted by molar-refractivity contribution is 0.165. The zero-order chi connectivity index (χ0) is 20.4. The van der Waals surface area contributed by atoms with Crippen molar-refractivity contribution in [3.05, 3.63) is 46.6 Å². The molecule has 27 heavy (non-hydrogen) atoms. The van der Waals surface area contributed by atoms with Gasteiger partial charge in [-0.25, -0.2) is 0 Å². The van der Waals surface area contributed by atoms with E-state index in [0.29, 0.717) is 11.8 Å². The molecule has 2 heteroatoms. The fourth-order valence-electron chi connectivity index (χ4n) is 4.20. The van der Waals surface area contributed by atoms with Crippen LogP contribution in [0, 0.1) is 11.8 Å². The van der Waals surface area contributed by atoms with Crippen molar-refractivity contribution in [3.8, 4) is 0 Å². The molecule has 0 aliphatic heterocycles. The topological polar surface area (TPSA) is 18.5 Å². The van der Waals surface area contributed by atoms with E-state index in [9.17, 15) is 0 Å². The van der Waals surface area contributed by atoms with Crippen molar-refractivity contribution in [2.75, 3.05) is 26.9 Å². The van der Waals surface area contributed by atoms with Gasteiger partial charge in [0, 0.05) is 25.6 Å². The molecule has 2 aliphatic rings. The minimum absolute atomic E-state index is 0.602. The Morgan fingerprint density at radius 2 is 1.30 bits per heavy atom. The van der Waals surface area contributed by atoms with Gasteiger partial charge in [-0.15, -0.1) is 0 Å². The fourth-order valence-corrected chi connectivity index (χ4v) is 4.20. The second-order valence-corrected chi connectivity index (χ2v) is 7.89. The summed E-state index contributed by atoms with van der Waals surface area (Å²) in [6, 6.07) is 0. The van der Waals surface area contributed by atoms with E-state index in [0.717, 1.165) is 32.7 Å². The number of rotatable bonds is 9. The third-order valence-electron chi connectivity index (χ3n) is 6.21. The van der Waals surface area contributed by atoms with E-state index < -0.39 is 0 Å². The van der Waals surface area contributed by atoms with Crippen molar-refractivity contribution in [2.45, 2.75) is 73.1 Å². The summed E-state index contributed by atoms with van der Waals surface area (Å²) in [7, 11) is 1.77. The third-order valence-corrected chi connectivity index (χ3v) is 6.21. The molecule has 0 spiro atoms. The van der Waals surface area contributed by atoms with E-state index in [1.807, 2.05) is 0 Å². The maximum absolute atomic E-state index is 5.51. The molecule has 0 aromatic heterocycles. The molecule has 0 saturated heterocycles. The quantitative estimate of drug-likeness (QED) is 0.403. The van der Waals surface area contributed by atoms with E-state index in [1.165, 1.54) is 59.1 Å². The van der Waals surface area contributed by atoms with Crippen molar-refractivity contribution in [1.29, 1.82) is 0 Å². The first kappa shape index (κ1) is 23.9. The Kier molecular flexibility index (Phi) is 10.9. The minimum atomic E-state index is 0.602. The summed E-state index contributed by atoms with van der Waals surface area (Å²) in [5.74, 6) is 1.21. The molecule has 0 aromatic rings. The largest absolute Gasteiger partial charge is 0.380 e. The lowest BCUT2D eigenvalue weighted by atomic mass is 9.92. The van der Waals surface area contributed by atoms with Crippen LogP contribution in [0.5, 0.6) is 0 Å². The first-order valence-electron chi connectivity index (χ1n) is 10.7. The SMILES string of the molecule is C=C(CC)C1CCC(C)=C1COC.C=C(CC)C1CCC(C)=C1COCC. The minimum Gasteiger partial charge on any atom is -0.380 e. The van der Waals surface area contributed by atoms with E-state index in [2.05, 4.69) is 47.8 Å². The summed E-state index contributed by atoms with van der Waals surface area (Å²) in [4.78, 5) is 0. The Bertz CT molecular complexity index is 565. The van der Waals surface area contributed by atoms with Crippen molar-refractivity contribution in [1.82, 2.24) is 0 Å². The number of methoxy groups -OCH3 is 1. The van der Waals surface area contributed by atoms with Crippen LogP contribution in [0.1, 0.15) is 73.1 Å². The second-order valence-electron chi connectivity index (χ2n) is 7.89. The Hall–Kier alpha value is -1.12. The molecule has 0 N–H and O–H groups in total. The zero-order valence-corrected chi connectivity index (χ0v) is 18.7. The summed E-state index contributed by atoms with van der Waals surface area (Å²) in [5, 5.41) is 0. The standard InChI is InChI=1S/C13H22O.C12H20O/c1-5-10(3)12-8-7-11(4)13(12)9-14-6-2;1-5-9(2)11-7-6-10(3)12(11)8-13-4/h12H,3,5-9H2,1-2,4H3;11H,2,5-8H2,1,3-4H3. The van der Waals surface area contributed by atoms with E-state index in [-0.39, 0.29) is 0 Å². The summed E-state index contributed by atoms with van der Waals surface area (Å²) in [6.07, 6.45) is 7.13. The molecule has 2 unspecified atom stereocenters. The van der Waals surface area contributed by atoms with Gasteiger partial charge in [-0.05, 0) is 70.4 Å². The first-order chi connectivity index (χ1) is 12.9. The molecule has 0 heterocycles. The predicted molar refractivity (Wildman–Crippen MR) is 118 cm³/mol. The highest BCUT2D eigenvalue weighted by Crippen LogP contribution is 2.38. The molecule has 0 aromatic carbocycles. The van der Waals surface area contributed by atoms with Crippen LogP contribution >= 0.6 is 0 Å². The van der Waals surface area contributed by atoms with Crippen molar-refractivity contribution >= 4 is 0 Å². The lowest BCUT2D eigenvalue weighted by Crippen LogP contribution is -2.08. The Morgan fingerprint density at radius 1 is 0.852 bits per heavy atom. The van der Waals surface area contributed by atoms with Crippen LogP contribution < -0.4 is 0 Å². The van der Waals surface area contributed by atoms with Crippen LogP contribution in [0.15, 0.2) is 46.6 Å². The van der Waals surface area contributed by atoms with Gasteiger partial charge in [0.25, 0.3) is 0 Å². The van der Waals surface area contributed by atoms with Crippen LogP contribution in [0.25, 0.3) is 0 Å². The molecular weight excluding hydrogens is 332 g/mol. The summed E-state index contributed by atoms with van der Waals surface area (Å²) >= 11 is 0. The van der Waals surface area contributed by atoms with Crippen molar-refractivity contribution in [2.24, 2.45) is 11.8 Å². The Morgan fingerprint density at radius 3 is 1.67 bits per heavy atom. The normalized spacial score (nSPS) is 22.1. The second kappa shape index (κ2) is 12.4. The van der Waals surface area contributed by atoms with E-state index in [1.54, 1.807) is 7.11 Å². The molecule has 0 bridgehead atoms. The fraction of sp³-hybridized carbons (Fsp3) is 0.680. The van der Waals surface area contributed by atoms with E-state index in [4.69, 9.17) is 9.47 Å². The number of hydrogen-bond acceptors (Lipinski definition) is 2. The molecule has 2 atom stereocenters. The van der Waals surface area contributed by atoms with Crippen LogP contribution in [0.4, 0.5) is 0 Å². The van der Waals surface area contributed by atoms with Gasteiger partial charge in [0.05, 0.1) is 13.2 Å². The van der Waals surface area contributed by atoms with Crippen molar-refractivity contribution < 1.29 is 9.47 Å². The maximum atomic E-state index is 5.51. The molecule has 2 nitrogen and oxygen atoms in total. The van der Waals surface area contributed by atoms with Gasteiger partial charge >= 0.3 is 0 Å². The van der Waals surface area contributed by atoms with Crippen LogP contribution in [0.3, 0.4) is 0 Å². The highest BCUT2D eigenvalue weighted by molar-refractivity contribution is 5.30. The Labute approximate surface area is 168 Å². The third kappa shape index (κ3) is 6.76. The van der Waals surface area contributed by atoms with Gasteiger partial charge in [-0.1, -0.05) is 49.3 Å². The van der Waals surface area contributed by atoms with Crippen LogP contribution in [0.2, 0.25) is 0 Å². The maximum Gasteiger partial charge on any atom is 0.0685 e. The number of allylic oxidation sites excluding steroid dienone is 4. The first-order valence-corrected chi connectivity index (χ1v) is 10.7. The molecule has 0 radical (unpaired) electrons. The summed E-state index contributed by atoms with van der Waals surface area (Å²) < 4.78 is 10.7. The molecule has 0 saturated carbocycles. The van der Waals surface area contributed by atoms with Gasteiger partial charge in [0.1, 0.15) is 0 Å². The molecule has 0 amide bonds. The highest BCUT2D eigenvalue weighted by Gasteiger charge is 2.25. The molecule has 0 fully saturated rings. The smallest absolute Gasteiger partial charge is 0.0685 e. The van der Waals surface area contributed by atoms with Crippen LogP contribution in [-0.4, -0.2) is 26.9 Å². The van der Waals surface area contributed by atoms with E-state index >= 15 is 0 Å². The number of hydrogen-bond donors (Lipinski definition) is 0. The molecule has 2 rings (SSSR count). The van der Waals surface area contributed by atoms with Gasteiger partial charge in [-0.2, -0.15) is 0 Å². The highest BCUT2D eigenvalue weighted by atomic mass is 16.5. The van der Waals surface area contributed by atoms with Crippen LogP contribution in [-0.2, 0) is 9.47 Å². The Balaban J connectivity index is 0.000000271. The summed E-state index contributed by atoms with van der Waals surface area (Å²) in [5.41, 5.74) is 8.76. The molecule has 154 valence electrons. The average molecular weight is 375 g/mol. The van der Waals surface area contributed by atoms with Gasteiger partial charge in [0.2, 0.25) is 0 Å². The van der Waals surface area contributed by atoms with Gasteiger partial charge in [0.15, 0.2) is 0 Å². The zero-order valence-electron chi connectivity index (χ0n) is 18.7. The molecule has 2 aliphatic carbocycles. The van der Waals surface area contributed by atoms with Gasteiger partial charge < -0.3 is 9.47 Å². The van der Waals surface area contributed by atoms with Gasteiger partial charge in [-0.3, -0.25) is 0 Å². The van der Waals surface area contributed by atoms with Crippen molar-refractivity contribution in [3.63, 3.8) is 0 Å².